The summed E-state index contributed by atoms with van der Waals surface area (Å²) in [6.45, 7) is 7.86. The third-order valence-corrected chi connectivity index (χ3v) is 5.10. The van der Waals surface area contributed by atoms with Gasteiger partial charge >= 0.3 is 0 Å². The molecule has 0 radical (unpaired) electrons. The van der Waals surface area contributed by atoms with Crippen molar-refractivity contribution < 1.29 is 8.78 Å². The minimum absolute atomic E-state index is 0.317. The van der Waals surface area contributed by atoms with Crippen LogP contribution in [-0.4, -0.2) is 36.5 Å². The smallest absolute Gasteiger partial charge is 0.159 e. The molecule has 1 saturated heterocycles. The first-order chi connectivity index (χ1) is 12.0. The molecule has 2 aromatic rings. The van der Waals surface area contributed by atoms with Crippen LogP contribution >= 0.6 is 0 Å². The Bertz CT molecular complexity index is 730. The maximum Gasteiger partial charge on any atom is 0.159 e. The molecule has 0 spiro atoms. The third-order valence-electron chi connectivity index (χ3n) is 5.10. The van der Waals surface area contributed by atoms with E-state index in [1.165, 1.54) is 23.3 Å². The molecular formula is C21H26F2N2. The summed E-state index contributed by atoms with van der Waals surface area (Å²) in [4.78, 5) is 4.72. The Balaban J connectivity index is 1.79. The molecule has 2 nitrogen and oxygen atoms in total. The van der Waals surface area contributed by atoms with Crippen molar-refractivity contribution in [1.29, 1.82) is 0 Å². The maximum absolute atomic E-state index is 13.5. The van der Waals surface area contributed by atoms with E-state index in [-0.39, 0.29) is 0 Å². The lowest BCUT2D eigenvalue weighted by molar-refractivity contribution is 0.0898. The zero-order valence-electron chi connectivity index (χ0n) is 15.2. The Labute approximate surface area is 149 Å². The zero-order chi connectivity index (χ0) is 18.0. The fourth-order valence-electron chi connectivity index (χ4n) is 3.65. The van der Waals surface area contributed by atoms with Gasteiger partial charge in [-0.25, -0.2) is 8.78 Å². The predicted molar refractivity (Wildman–Crippen MR) is 97.5 cm³/mol. The van der Waals surface area contributed by atoms with Gasteiger partial charge < -0.3 is 0 Å². The van der Waals surface area contributed by atoms with E-state index in [0.29, 0.717) is 18.5 Å². The lowest BCUT2D eigenvalue weighted by Gasteiger charge is -2.40. The van der Waals surface area contributed by atoms with Gasteiger partial charge in [0.25, 0.3) is 0 Å². The van der Waals surface area contributed by atoms with E-state index in [1.807, 2.05) is 0 Å². The molecule has 3 rings (SSSR count). The molecule has 4 heteroatoms. The quantitative estimate of drug-likeness (QED) is 0.801. The number of hydrogen-bond donors (Lipinski definition) is 0. The molecule has 134 valence electrons. The molecular weight excluding hydrogens is 318 g/mol. The van der Waals surface area contributed by atoms with E-state index in [2.05, 4.69) is 55.0 Å². The maximum atomic E-state index is 13.5. The van der Waals surface area contributed by atoms with Crippen molar-refractivity contribution in [3.8, 4) is 0 Å². The van der Waals surface area contributed by atoms with E-state index in [4.69, 9.17) is 0 Å². The normalized spacial score (nSPS) is 19.5. The van der Waals surface area contributed by atoms with Gasteiger partial charge in [-0.2, -0.15) is 0 Å². The van der Waals surface area contributed by atoms with Gasteiger partial charge in [-0.3, -0.25) is 9.80 Å². The second-order valence-electron chi connectivity index (χ2n) is 7.26. The van der Waals surface area contributed by atoms with Crippen LogP contribution in [0, 0.1) is 11.6 Å². The third kappa shape index (κ3) is 4.07. The molecule has 2 aromatic carbocycles. The van der Waals surface area contributed by atoms with Gasteiger partial charge in [0.15, 0.2) is 11.6 Å². The van der Waals surface area contributed by atoms with Crippen LogP contribution < -0.4 is 0 Å². The minimum Gasteiger partial charge on any atom is -0.297 e. The summed E-state index contributed by atoms with van der Waals surface area (Å²) >= 11 is 0. The minimum atomic E-state index is -0.786. The van der Waals surface area contributed by atoms with Gasteiger partial charge in [-0.1, -0.05) is 44.2 Å². The highest BCUT2D eigenvalue weighted by atomic mass is 19.2. The van der Waals surface area contributed by atoms with Gasteiger partial charge in [0.1, 0.15) is 0 Å². The largest absolute Gasteiger partial charge is 0.297 e. The van der Waals surface area contributed by atoms with E-state index in [0.717, 1.165) is 25.2 Å². The van der Waals surface area contributed by atoms with Crippen LogP contribution in [0.4, 0.5) is 8.78 Å². The number of nitrogens with zero attached hydrogens (tertiary/aromatic N) is 2. The fraction of sp³-hybridized carbons (Fsp3) is 0.429. The predicted octanol–water partition coefficient (Wildman–Crippen LogP) is 4.58. The fourth-order valence-corrected chi connectivity index (χ4v) is 3.65. The van der Waals surface area contributed by atoms with E-state index >= 15 is 0 Å². The summed E-state index contributed by atoms with van der Waals surface area (Å²) in [6.07, 6.45) is 0. The Morgan fingerprint density at radius 2 is 1.80 bits per heavy atom. The zero-order valence-corrected chi connectivity index (χ0v) is 15.2. The molecule has 1 aliphatic rings. The van der Waals surface area contributed by atoms with Crippen molar-refractivity contribution in [1.82, 2.24) is 9.80 Å². The molecule has 0 aliphatic carbocycles. The van der Waals surface area contributed by atoms with Gasteiger partial charge in [0.05, 0.1) is 0 Å². The molecule has 1 aliphatic heterocycles. The van der Waals surface area contributed by atoms with Crippen molar-refractivity contribution >= 4 is 0 Å². The SMILES string of the molecule is CC(C)c1ccccc1C1CN(Cc2ccc(F)c(F)c2)CCN1C. The van der Waals surface area contributed by atoms with Gasteiger partial charge in [-0.05, 0) is 41.8 Å². The Morgan fingerprint density at radius 3 is 2.52 bits per heavy atom. The number of rotatable bonds is 4. The topological polar surface area (TPSA) is 6.48 Å². The van der Waals surface area contributed by atoms with Crippen LogP contribution in [0.3, 0.4) is 0 Å². The number of likely N-dealkylation sites (N-methyl/N-ethyl adjacent to an activating group) is 1. The van der Waals surface area contributed by atoms with E-state index in [9.17, 15) is 8.78 Å². The number of hydrogen-bond acceptors (Lipinski definition) is 2. The summed E-state index contributed by atoms with van der Waals surface area (Å²) < 4.78 is 26.6. The monoisotopic (exact) mass is 344 g/mol. The van der Waals surface area contributed by atoms with Crippen LogP contribution in [0.2, 0.25) is 0 Å². The van der Waals surface area contributed by atoms with E-state index < -0.39 is 11.6 Å². The number of piperazine rings is 1. The number of halogens is 2. The van der Waals surface area contributed by atoms with Crippen LogP contribution in [0.5, 0.6) is 0 Å². The summed E-state index contributed by atoms with van der Waals surface area (Å²) in [5.41, 5.74) is 3.57. The average Bonchev–Trinajstić information content (AvgIpc) is 2.60. The molecule has 0 bridgehead atoms. The number of benzene rings is 2. The van der Waals surface area contributed by atoms with Crippen molar-refractivity contribution in [2.75, 3.05) is 26.7 Å². The first-order valence-corrected chi connectivity index (χ1v) is 8.91. The lowest BCUT2D eigenvalue weighted by atomic mass is 9.91. The van der Waals surface area contributed by atoms with E-state index in [1.54, 1.807) is 6.07 Å². The molecule has 0 amide bonds. The summed E-state index contributed by atoms with van der Waals surface area (Å²) in [6, 6.07) is 13.1. The first-order valence-electron chi connectivity index (χ1n) is 8.91. The van der Waals surface area contributed by atoms with Crippen molar-refractivity contribution in [3.05, 3.63) is 70.8 Å². The highest BCUT2D eigenvalue weighted by Gasteiger charge is 2.27. The highest BCUT2D eigenvalue weighted by Crippen LogP contribution is 2.31. The second-order valence-corrected chi connectivity index (χ2v) is 7.26. The first kappa shape index (κ1) is 18.0. The van der Waals surface area contributed by atoms with Crippen molar-refractivity contribution in [2.45, 2.75) is 32.4 Å². The summed E-state index contributed by atoms with van der Waals surface area (Å²) in [5, 5.41) is 0. The summed E-state index contributed by atoms with van der Waals surface area (Å²) in [5.74, 6) is -1.08. The van der Waals surface area contributed by atoms with Crippen molar-refractivity contribution in [3.63, 3.8) is 0 Å². The van der Waals surface area contributed by atoms with Crippen LogP contribution in [-0.2, 0) is 6.54 Å². The Morgan fingerprint density at radius 1 is 1.04 bits per heavy atom. The molecule has 0 saturated carbocycles. The molecule has 25 heavy (non-hydrogen) atoms. The van der Waals surface area contributed by atoms with Gasteiger partial charge in [-0.15, -0.1) is 0 Å². The summed E-state index contributed by atoms with van der Waals surface area (Å²) in [7, 11) is 2.16. The molecule has 1 fully saturated rings. The molecule has 1 heterocycles. The lowest BCUT2D eigenvalue weighted by Crippen LogP contribution is -2.46. The Kier molecular flexibility index (Phi) is 5.50. The van der Waals surface area contributed by atoms with Crippen LogP contribution in [0.15, 0.2) is 42.5 Å². The standard InChI is InChI=1S/C21H26F2N2/c1-15(2)17-6-4-5-7-18(17)21-14-25(11-10-24(21)3)13-16-8-9-19(22)20(23)12-16/h4-9,12,15,21H,10-11,13-14H2,1-3H3. The second kappa shape index (κ2) is 7.63. The average molecular weight is 344 g/mol. The van der Waals surface area contributed by atoms with Crippen LogP contribution in [0.25, 0.3) is 0 Å². The van der Waals surface area contributed by atoms with Crippen LogP contribution in [0.1, 0.15) is 42.5 Å². The Hall–Kier alpha value is -1.78. The molecule has 1 atom stereocenters. The molecule has 1 unspecified atom stereocenters. The molecule has 0 aromatic heterocycles. The highest BCUT2D eigenvalue weighted by molar-refractivity contribution is 5.33. The van der Waals surface area contributed by atoms with Gasteiger partial charge in [0, 0.05) is 32.2 Å². The van der Waals surface area contributed by atoms with Gasteiger partial charge in [0.2, 0.25) is 0 Å². The molecule has 0 N–H and O–H groups in total. The van der Waals surface area contributed by atoms with Crippen molar-refractivity contribution in [2.24, 2.45) is 0 Å².